The molecule has 7 heteroatoms. The second-order valence-electron chi connectivity index (χ2n) is 8.21. The lowest BCUT2D eigenvalue weighted by Gasteiger charge is -2.57. The first-order valence-electron chi connectivity index (χ1n) is 8.95. The summed E-state index contributed by atoms with van der Waals surface area (Å²) in [4.78, 5) is 6.77. The highest BCUT2D eigenvalue weighted by Gasteiger charge is 2.60. The molecule has 0 unspecified atom stereocenters. The van der Waals surface area contributed by atoms with Crippen LogP contribution in [0.4, 0.5) is 13.2 Å². The van der Waals surface area contributed by atoms with E-state index in [1.807, 2.05) is 11.6 Å². The number of imidazole rings is 1. The maximum absolute atomic E-state index is 12.9. The summed E-state index contributed by atoms with van der Waals surface area (Å²) >= 11 is 0. The molecule has 0 amide bonds. The Morgan fingerprint density at radius 2 is 2.08 bits per heavy atom. The van der Waals surface area contributed by atoms with Crippen molar-refractivity contribution in [2.75, 3.05) is 13.7 Å². The molecule has 26 heavy (non-hydrogen) atoms. The summed E-state index contributed by atoms with van der Waals surface area (Å²) in [5.74, 6) is 1.31. The Hall–Kier alpha value is -1.60. The van der Waals surface area contributed by atoms with Crippen molar-refractivity contribution in [2.24, 2.45) is 18.4 Å². The van der Waals surface area contributed by atoms with Crippen LogP contribution in [0.15, 0.2) is 18.2 Å². The summed E-state index contributed by atoms with van der Waals surface area (Å²) < 4.78 is 46.6. The molecular weight excluding hydrogens is 343 g/mol. The topological polar surface area (TPSA) is 30.3 Å². The number of aryl methyl sites for hydroxylation is 1. The van der Waals surface area contributed by atoms with Crippen LogP contribution in [0.25, 0.3) is 11.0 Å². The van der Waals surface area contributed by atoms with E-state index in [1.54, 1.807) is 0 Å². The minimum Gasteiger partial charge on any atom is -0.377 e. The highest BCUT2D eigenvalue weighted by Crippen LogP contribution is 2.54. The van der Waals surface area contributed by atoms with E-state index in [0.717, 1.165) is 36.5 Å². The molecule has 1 saturated heterocycles. The van der Waals surface area contributed by atoms with Crippen molar-refractivity contribution in [1.82, 2.24) is 14.5 Å². The zero-order valence-electron chi connectivity index (χ0n) is 15.5. The van der Waals surface area contributed by atoms with Gasteiger partial charge in [0.15, 0.2) is 0 Å². The summed E-state index contributed by atoms with van der Waals surface area (Å²) in [5, 5.41) is 0. The van der Waals surface area contributed by atoms with Gasteiger partial charge >= 0.3 is 6.18 Å². The SMILES string of the molecule is CN(Cc1nc2cc(C(F)(F)F)ccc2n1C)[C@@H]1[C@@H]2CCO[C@H]2C1(C)C. The average molecular weight is 367 g/mol. The molecule has 4 nitrogen and oxygen atoms in total. The molecule has 1 aromatic heterocycles. The van der Waals surface area contributed by atoms with Crippen LogP contribution in [0.3, 0.4) is 0 Å². The summed E-state index contributed by atoms with van der Waals surface area (Å²) in [6.07, 6.45) is -2.97. The summed E-state index contributed by atoms with van der Waals surface area (Å²) in [7, 11) is 3.93. The number of ether oxygens (including phenoxy) is 1. The Kier molecular flexibility index (Phi) is 3.90. The van der Waals surface area contributed by atoms with Crippen LogP contribution >= 0.6 is 0 Å². The molecule has 0 N–H and O–H groups in total. The van der Waals surface area contributed by atoms with E-state index in [-0.39, 0.29) is 5.41 Å². The van der Waals surface area contributed by atoms with E-state index in [9.17, 15) is 13.2 Å². The number of rotatable bonds is 3. The molecule has 2 aliphatic rings. The highest BCUT2D eigenvalue weighted by atomic mass is 19.4. The minimum atomic E-state index is -4.35. The number of alkyl halides is 3. The van der Waals surface area contributed by atoms with Crippen LogP contribution in [-0.4, -0.2) is 40.3 Å². The quantitative estimate of drug-likeness (QED) is 0.826. The van der Waals surface area contributed by atoms with Crippen LogP contribution in [0.1, 0.15) is 31.7 Å². The molecule has 0 radical (unpaired) electrons. The Labute approximate surface area is 150 Å². The van der Waals surface area contributed by atoms with Crippen molar-refractivity contribution >= 4 is 11.0 Å². The first kappa shape index (κ1) is 17.8. The molecule has 2 heterocycles. The number of fused-ring (bicyclic) bond motifs is 2. The maximum Gasteiger partial charge on any atom is 0.416 e. The predicted molar refractivity (Wildman–Crippen MR) is 92.6 cm³/mol. The van der Waals surface area contributed by atoms with Gasteiger partial charge in [0.05, 0.1) is 29.2 Å². The fourth-order valence-electron chi connectivity index (χ4n) is 5.08. The van der Waals surface area contributed by atoms with E-state index in [2.05, 4.69) is 30.8 Å². The molecular formula is C19H24F3N3O. The number of hydrogen-bond donors (Lipinski definition) is 0. The van der Waals surface area contributed by atoms with E-state index in [4.69, 9.17) is 4.74 Å². The molecule has 4 rings (SSSR count). The molecule has 142 valence electrons. The summed E-state index contributed by atoms with van der Waals surface area (Å²) in [5.41, 5.74) is 0.523. The molecule has 1 aliphatic heterocycles. The van der Waals surface area contributed by atoms with Crippen LogP contribution in [-0.2, 0) is 24.5 Å². The van der Waals surface area contributed by atoms with E-state index in [0.29, 0.717) is 30.1 Å². The number of halogens is 3. The lowest BCUT2D eigenvalue weighted by Crippen LogP contribution is -2.65. The lowest BCUT2D eigenvalue weighted by molar-refractivity contribution is -0.152. The van der Waals surface area contributed by atoms with Crippen LogP contribution in [0, 0.1) is 11.3 Å². The first-order chi connectivity index (χ1) is 12.1. The fourth-order valence-corrected chi connectivity index (χ4v) is 5.08. The first-order valence-corrected chi connectivity index (χ1v) is 8.95. The number of benzene rings is 1. The molecule has 2 aromatic rings. The van der Waals surface area contributed by atoms with E-state index in [1.165, 1.54) is 6.07 Å². The Morgan fingerprint density at radius 1 is 1.35 bits per heavy atom. The highest BCUT2D eigenvalue weighted by molar-refractivity contribution is 5.77. The summed E-state index contributed by atoms with van der Waals surface area (Å²) in [6.45, 7) is 5.87. The standard InChI is InChI=1S/C19H24F3N3O/c1-18(2)16(12-7-8-26-17(12)18)24(3)10-15-23-13-9-11(19(20,21)22)5-6-14(13)25(15)4/h5-6,9,12,16-17H,7-8,10H2,1-4H3/t12-,16+,17+/m0/s1. The van der Waals surface area contributed by atoms with Gasteiger partial charge in [0, 0.05) is 31.0 Å². The second kappa shape index (κ2) is 5.70. The minimum absolute atomic E-state index is 0.0734. The van der Waals surface area contributed by atoms with Crippen molar-refractivity contribution in [1.29, 1.82) is 0 Å². The monoisotopic (exact) mass is 367 g/mol. The van der Waals surface area contributed by atoms with Crippen LogP contribution < -0.4 is 0 Å². The average Bonchev–Trinajstić information content (AvgIpc) is 3.10. The number of hydrogen-bond acceptors (Lipinski definition) is 3. The van der Waals surface area contributed by atoms with E-state index < -0.39 is 11.7 Å². The molecule has 1 saturated carbocycles. The molecule has 0 spiro atoms. The molecule has 1 aromatic carbocycles. The van der Waals surface area contributed by atoms with Gasteiger partial charge < -0.3 is 9.30 Å². The molecule has 1 aliphatic carbocycles. The van der Waals surface area contributed by atoms with Gasteiger partial charge in [-0.25, -0.2) is 4.98 Å². The molecule has 2 fully saturated rings. The van der Waals surface area contributed by atoms with Gasteiger partial charge in [-0.1, -0.05) is 13.8 Å². The Balaban J connectivity index is 1.60. The van der Waals surface area contributed by atoms with Gasteiger partial charge in [0.25, 0.3) is 0 Å². The largest absolute Gasteiger partial charge is 0.416 e. The van der Waals surface area contributed by atoms with Crippen molar-refractivity contribution in [2.45, 2.75) is 45.1 Å². The van der Waals surface area contributed by atoms with Gasteiger partial charge in [0.2, 0.25) is 0 Å². The van der Waals surface area contributed by atoms with Crippen molar-refractivity contribution in [3.05, 3.63) is 29.6 Å². The Bertz CT molecular complexity index is 842. The van der Waals surface area contributed by atoms with E-state index >= 15 is 0 Å². The number of nitrogens with zero attached hydrogens (tertiary/aromatic N) is 3. The predicted octanol–water partition coefficient (Wildman–Crippen LogP) is 3.84. The van der Waals surface area contributed by atoms with Crippen LogP contribution in [0.2, 0.25) is 0 Å². The normalized spacial score (nSPS) is 27.8. The van der Waals surface area contributed by atoms with Crippen molar-refractivity contribution in [3.8, 4) is 0 Å². The van der Waals surface area contributed by atoms with Gasteiger partial charge in [-0.05, 0) is 31.7 Å². The third kappa shape index (κ3) is 2.55. The molecule has 3 atom stereocenters. The smallest absolute Gasteiger partial charge is 0.377 e. The number of aromatic nitrogens is 2. The third-order valence-electron chi connectivity index (χ3n) is 6.21. The van der Waals surface area contributed by atoms with Crippen LogP contribution in [0.5, 0.6) is 0 Å². The van der Waals surface area contributed by atoms with Gasteiger partial charge in [-0.2, -0.15) is 13.2 Å². The molecule has 0 bridgehead atoms. The zero-order chi connectivity index (χ0) is 18.9. The maximum atomic E-state index is 12.9. The van der Waals surface area contributed by atoms with Gasteiger partial charge in [0.1, 0.15) is 5.82 Å². The lowest BCUT2D eigenvalue weighted by atomic mass is 9.57. The van der Waals surface area contributed by atoms with Crippen molar-refractivity contribution in [3.63, 3.8) is 0 Å². The second-order valence-corrected chi connectivity index (χ2v) is 8.21. The fraction of sp³-hybridized carbons (Fsp3) is 0.632. The van der Waals surface area contributed by atoms with Gasteiger partial charge in [-0.3, -0.25) is 4.90 Å². The van der Waals surface area contributed by atoms with Crippen molar-refractivity contribution < 1.29 is 17.9 Å². The zero-order valence-corrected chi connectivity index (χ0v) is 15.5. The summed E-state index contributed by atoms with van der Waals surface area (Å²) in [6, 6.07) is 4.14. The third-order valence-corrected chi connectivity index (χ3v) is 6.21. The van der Waals surface area contributed by atoms with Gasteiger partial charge in [-0.15, -0.1) is 0 Å². The Morgan fingerprint density at radius 3 is 2.77 bits per heavy atom.